The molecule has 1 fully saturated rings. The molecule has 1 saturated heterocycles. The zero-order chi connectivity index (χ0) is 13.0. The molecule has 1 amide bonds. The molecule has 1 aromatic carbocycles. The Bertz CT molecular complexity index is 417. The highest BCUT2D eigenvalue weighted by Gasteiger charge is 2.29. The van der Waals surface area contributed by atoms with Gasteiger partial charge in [0.15, 0.2) is 0 Å². The number of aryl methyl sites for hydroxylation is 1. The third-order valence-corrected chi connectivity index (χ3v) is 3.67. The molecule has 3 heteroatoms. The Morgan fingerprint density at radius 3 is 2.94 bits per heavy atom. The maximum Gasteiger partial charge on any atom is 0.223 e. The second-order valence-electron chi connectivity index (χ2n) is 4.93. The van der Waals surface area contributed by atoms with Crippen LogP contribution in [0.3, 0.4) is 0 Å². The summed E-state index contributed by atoms with van der Waals surface area (Å²) < 4.78 is 0. The Morgan fingerprint density at radius 1 is 1.44 bits per heavy atom. The van der Waals surface area contributed by atoms with Crippen LogP contribution in [0, 0.1) is 6.92 Å². The SMILES string of the molecule is Cc1ccccc1C1CCCN1C(=O)CCCO. The van der Waals surface area contributed by atoms with Crippen molar-refractivity contribution in [1.29, 1.82) is 0 Å². The van der Waals surface area contributed by atoms with Crippen molar-refractivity contribution < 1.29 is 9.90 Å². The summed E-state index contributed by atoms with van der Waals surface area (Å²) >= 11 is 0. The summed E-state index contributed by atoms with van der Waals surface area (Å²) in [6.45, 7) is 3.04. The van der Waals surface area contributed by atoms with Gasteiger partial charge in [0.1, 0.15) is 0 Å². The zero-order valence-electron chi connectivity index (χ0n) is 10.9. The number of nitrogens with zero attached hydrogens (tertiary/aromatic N) is 1. The molecule has 1 unspecified atom stereocenters. The number of rotatable bonds is 4. The molecule has 1 atom stereocenters. The molecule has 18 heavy (non-hydrogen) atoms. The number of aliphatic hydroxyl groups excluding tert-OH is 1. The minimum atomic E-state index is 0.0919. The molecule has 98 valence electrons. The lowest BCUT2D eigenvalue weighted by Crippen LogP contribution is -2.30. The highest BCUT2D eigenvalue weighted by atomic mass is 16.3. The van der Waals surface area contributed by atoms with Crippen LogP contribution in [0.1, 0.15) is 42.9 Å². The smallest absolute Gasteiger partial charge is 0.223 e. The van der Waals surface area contributed by atoms with Crippen molar-refractivity contribution >= 4 is 5.91 Å². The van der Waals surface area contributed by atoms with Crippen LogP contribution in [0.2, 0.25) is 0 Å². The van der Waals surface area contributed by atoms with Gasteiger partial charge in [0.25, 0.3) is 0 Å². The average Bonchev–Trinajstić information content (AvgIpc) is 2.85. The van der Waals surface area contributed by atoms with E-state index in [1.165, 1.54) is 11.1 Å². The van der Waals surface area contributed by atoms with Crippen molar-refractivity contribution in [3.05, 3.63) is 35.4 Å². The highest BCUT2D eigenvalue weighted by molar-refractivity contribution is 5.77. The second-order valence-corrected chi connectivity index (χ2v) is 4.93. The van der Waals surface area contributed by atoms with Gasteiger partial charge in [-0.05, 0) is 37.3 Å². The molecule has 0 bridgehead atoms. The van der Waals surface area contributed by atoms with Crippen molar-refractivity contribution in [2.75, 3.05) is 13.2 Å². The Hall–Kier alpha value is -1.35. The summed E-state index contributed by atoms with van der Waals surface area (Å²) in [5.74, 6) is 0.176. The first-order valence-corrected chi connectivity index (χ1v) is 6.70. The van der Waals surface area contributed by atoms with Gasteiger partial charge in [0, 0.05) is 19.6 Å². The van der Waals surface area contributed by atoms with Crippen LogP contribution >= 0.6 is 0 Å². The fraction of sp³-hybridized carbons (Fsp3) is 0.533. The molecule has 1 aliphatic rings. The number of hydrogen-bond donors (Lipinski definition) is 1. The Kier molecular flexibility index (Phi) is 4.37. The lowest BCUT2D eigenvalue weighted by Gasteiger charge is -2.26. The minimum Gasteiger partial charge on any atom is -0.396 e. The topological polar surface area (TPSA) is 40.5 Å². The first-order chi connectivity index (χ1) is 8.74. The van der Waals surface area contributed by atoms with E-state index in [0.29, 0.717) is 12.8 Å². The molecule has 0 aromatic heterocycles. The van der Waals surface area contributed by atoms with Crippen LogP contribution in [-0.4, -0.2) is 29.1 Å². The molecule has 0 spiro atoms. The van der Waals surface area contributed by atoms with E-state index in [0.717, 1.165) is 19.4 Å². The Balaban J connectivity index is 2.12. The van der Waals surface area contributed by atoms with Crippen LogP contribution in [-0.2, 0) is 4.79 Å². The number of benzene rings is 1. The zero-order valence-corrected chi connectivity index (χ0v) is 10.9. The largest absolute Gasteiger partial charge is 0.396 e. The van der Waals surface area contributed by atoms with Gasteiger partial charge in [0.2, 0.25) is 5.91 Å². The van der Waals surface area contributed by atoms with E-state index >= 15 is 0 Å². The normalized spacial score (nSPS) is 19.2. The maximum absolute atomic E-state index is 12.1. The lowest BCUT2D eigenvalue weighted by molar-refractivity contribution is -0.132. The van der Waals surface area contributed by atoms with Crippen molar-refractivity contribution in [1.82, 2.24) is 4.90 Å². The fourth-order valence-electron chi connectivity index (χ4n) is 2.72. The molecule has 0 saturated carbocycles. The maximum atomic E-state index is 12.1. The molecule has 3 nitrogen and oxygen atoms in total. The van der Waals surface area contributed by atoms with Gasteiger partial charge in [-0.1, -0.05) is 24.3 Å². The number of carbonyl (C=O) groups excluding carboxylic acids is 1. The van der Waals surface area contributed by atoms with Crippen LogP contribution in [0.4, 0.5) is 0 Å². The first-order valence-electron chi connectivity index (χ1n) is 6.70. The first kappa shape index (κ1) is 13.1. The average molecular weight is 247 g/mol. The van der Waals surface area contributed by atoms with Crippen LogP contribution < -0.4 is 0 Å². The minimum absolute atomic E-state index is 0.0919. The number of hydrogen-bond acceptors (Lipinski definition) is 2. The molecular formula is C15H21NO2. The number of likely N-dealkylation sites (tertiary alicyclic amines) is 1. The van der Waals surface area contributed by atoms with Crippen molar-refractivity contribution in [2.45, 2.75) is 38.6 Å². The van der Waals surface area contributed by atoms with E-state index in [9.17, 15) is 4.79 Å². The third-order valence-electron chi connectivity index (χ3n) is 3.67. The Labute approximate surface area is 108 Å². The third kappa shape index (κ3) is 2.72. The molecule has 0 aliphatic carbocycles. The molecule has 1 N–H and O–H groups in total. The molecule has 2 rings (SSSR count). The predicted octanol–water partition coefficient (Wildman–Crippen LogP) is 2.43. The number of amides is 1. The second kappa shape index (κ2) is 6.01. The summed E-state index contributed by atoms with van der Waals surface area (Å²) in [6, 6.07) is 8.53. The lowest BCUT2D eigenvalue weighted by atomic mass is 9.99. The Morgan fingerprint density at radius 2 is 2.22 bits per heavy atom. The van der Waals surface area contributed by atoms with E-state index in [2.05, 4.69) is 19.1 Å². The van der Waals surface area contributed by atoms with E-state index in [-0.39, 0.29) is 18.6 Å². The van der Waals surface area contributed by atoms with E-state index in [4.69, 9.17) is 5.11 Å². The van der Waals surface area contributed by atoms with Crippen LogP contribution in [0.25, 0.3) is 0 Å². The van der Waals surface area contributed by atoms with Crippen molar-refractivity contribution in [2.24, 2.45) is 0 Å². The van der Waals surface area contributed by atoms with Crippen LogP contribution in [0.15, 0.2) is 24.3 Å². The van der Waals surface area contributed by atoms with Gasteiger partial charge >= 0.3 is 0 Å². The van der Waals surface area contributed by atoms with Crippen molar-refractivity contribution in [3.8, 4) is 0 Å². The van der Waals surface area contributed by atoms with Gasteiger partial charge in [0.05, 0.1) is 6.04 Å². The van der Waals surface area contributed by atoms with Gasteiger partial charge in [-0.3, -0.25) is 4.79 Å². The monoisotopic (exact) mass is 247 g/mol. The number of aliphatic hydroxyl groups is 1. The van der Waals surface area contributed by atoms with E-state index < -0.39 is 0 Å². The van der Waals surface area contributed by atoms with Gasteiger partial charge < -0.3 is 10.0 Å². The molecule has 1 heterocycles. The van der Waals surface area contributed by atoms with Gasteiger partial charge in [-0.15, -0.1) is 0 Å². The quantitative estimate of drug-likeness (QED) is 0.887. The number of carbonyl (C=O) groups is 1. The standard InChI is InChI=1S/C15H21NO2/c1-12-6-2-3-7-13(12)14-8-4-10-16(14)15(18)9-5-11-17/h2-3,6-7,14,17H,4-5,8-11H2,1H3. The molecular weight excluding hydrogens is 226 g/mol. The summed E-state index contributed by atoms with van der Waals surface area (Å²) in [6.07, 6.45) is 3.15. The predicted molar refractivity (Wildman–Crippen MR) is 71.2 cm³/mol. The molecule has 1 aromatic rings. The highest BCUT2D eigenvalue weighted by Crippen LogP contribution is 2.34. The molecule has 0 radical (unpaired) electrons. The fourth-order valence-corrected chi connectivity index (χ4v) is 2.72. The van der Waals surface area contributed by atoms with Crippen molar-refractivity contribution in [3.63, 3.8) is 0 Å². The molecule has 1 aliphatic heterocycles. The van der Waals surface area contributed by atoms with E-state index in [1.54, 1.807) is 0 Å². The summed E-state index contributed by atoms with van der Waals surface area (Å²) in [7, 11) is 0. The van der Waals surface area contributed by atoms with E-state index in [1.807, 2.05) is 17.0 Å². The summed E-state index contributed by atoms with van der Waals surface area (Å²) in [5, 5.41) is 8.81. The van der Waals surface area contributed by atoms with Crippen LogP contribution in [0.5, 0.6) is 0 Å². The van der Waals surface area contributed by atoms with Gasteiger partial charge in [-0.25, -0.2) is 0 Å². The summed E-state index contributed by atoms with van der Waals surface area (Å²) in [4.78, 5) is 14.1. The summed E-state index contributed by atoms with van der Waals surface area (Å²) in [5.41, 5.74) is 2.52. The van der Waals surface area contributed by atoms with Gasteiger partial charge in [-0.2, -0.15) is 0 Å².